The lowest BCUT2D eigenvalue weighted by molar-refractivity contribution is -0.112. The fourth-order valence-corrected chi connectivity index (χ4v) is 2.93. The summed E-state index contributed by atoms with van der Waals surface area (Å²) in [6, 6.07) is 15.4. The van der Waals surface area contributed by atoms with Gasteiger partial charge in [0.15, 0.2) is 0 Å². The average molecular weight is 416 g/mol. The van der Waals surface area contributed by atoms with Gasteiger partial charge in [-0.3, -0.25) is 4.79 Å². The average Bonchev–Trinajstić information content (AvgIpc) is 3.20. The van der Waals surface area contributed by atoms with Crippen LogP contribution in [0.4, 0.5) is 5.69 Å². The van der Waals surface area contributed by atoms with Crippen molar-refractivity contribution in [2.24, 2.45) is 0 Å². The lowest BCUT2D eigenvalue weighted by Crippen LogP contribution is -2.13. The number of furan rings is 1. The number of carboxylic acids is 2. The molecule has 0 bridgehead atoms. The first-order chi connectivity index (χ1) is 14.8. The molecule has 0 radical (unpaired) electrons. The molecule has 1 amide bonds. The molecular formula is C23H16N2O6. The number of carboxylic acid groups (broad SMARTS) is 2. The van der Waals surface area contributed by atoms with Crippen LogP contribution in [0.1, 0.15) is 32.0 Å². The van der Waals surface area contributed by atoms with Gasteiger partial charge in [-0.1, -0.05) is 18.2 Å². The van der Waals surface area contributed by atoms with Crippen LogP contribution < -0.4 is 5.32 Å². The Labute approximate surface area is 176 Å². The summed E-state index contributed by atoms with van der Waals surface area (Å²) in [4.78, 5) is 34.8. The second-order valence-electron chi connectivity index (χ2n) is 6.50. The summed E-state index contributed by atoms with van der Waals surface area (Å²) in [6.07, 6.45) is 1.25. The topological polar surface area (TPSA) is 141 Å². The number of carbonyl (C=O) groups excluding carboxylic acids is 1. The summed E-state index contributed by atoms with van der Waals surface area (Å²) in [6.45, 7) is 1.66. The van der Waals surface area contributed by atoms with Gasteiger partial charge in [-0.15, -0.1) is 0 Å². The molecule has 154 valence electrons. The maximum absolute atomic E-state index is 12.4. The zero-order chi connectivity index (χ0) is 22.5. The lowest BCUT2D eigenvalue weighted by Gasteiger charge is -2.06. The predicted octanol–water partition coefficient (Wildman–Crippen LogP) is 4.20. The van der Waals surface area contributed by atoms with Gasteiger partial charge in [-0.05, 0) is 48.9 Å². The number of nitriles is 1. The molecule has 3 aromatic rings. The third-order valence-corrected chi connectivity index (χ3v) is 4.48. The summed E-state index contributed by atoms with van der Waals surface area (Å²) in [7, 11) is 0. The van der Waals surface area contributed by atoms with Crippen LogP contribution >= 0.6 is 0 Å². The fourth-order valence-electron chi connectivity index (χ4n) is 2.93. The van der Waals surface area contributed by atoms with Crippen LogP contribution in [-0.4, -0.2) is 28.1 Å². The number of carbonyl (C=O) groups is 3. The van der Waals surface area contributed by atoms with E-state index in [0.29, 0.717) is 16.9 Å². The maximum atomic E-state index is 12.4. The summed E-state index contributed by atoms with van der Waals surface area (Å²) in [5.74, 6) is -2.31. The minimum absolute atomic E-state index is 0.00470. The van der Waals surface area contributed by atoms with E-state index < -0.39 is 17.8 Å². The van der Waals surface area contributed by atoms with Crippen molar-refractivity contribution in [3.05, 3.63) is 82.6 Å². The third kappa shape index (κ3) is 4.68. The molecule has 1 heterocycles. The van der Waals surface area contributed by atoms with Gasteiger partial charge in [-0.25, -0.2) is 9.59 Å². The Morgan fingerprint density at radius 2 is 1.77 bits per heavy atom. The molecule has 0 saturated carbocycles. The summed E-state index contributed by atoms with van der Waals surface area (Å²) >= 11 is 0. The van der Waals surface area contributed by atoms with Gasteiger partial charge in [0.25, 0.3) is 5.91 Å². The molecule has 2 aromatic carbocycles. The minimum atomic E-state index is -1.14. The molecule has 0 fully saturated rings. The molecule has 8 nitrogen and oxygen atoms in total. The molecular weight excluding hydrogens is 400 g/mol. The van der Waals surface area contributed by atoms with Gasteiger partial charge < -0.3 is 19.9 Å². The molecule has 3 rings (SSSR count). The molecule has 31 heavy (non-hydrogen) atoms. The first-order valence-electron chi connectivity index (χ1n) is 8.99. The van der Waals surface area contributed by atoms with Gasteiger partial charge in [0.05, 0.1) is 11.1 Å². The Kier molecular flexibility index (Phi) is 5.98. The van der Waals surface area contributed by atoms with E-state index in [2.05, 4.69) is 5.32 Å². The predicted molar refractivity (Wildman–Crippen MR) is 111 cm³/mol. The summed E-state index contributed by atoms with van der Waals surface area (Å²) in [5, 5.41) is 30.1. The van der Waals surface area contributed by atoms with Crippen molar-refractivity contribution in [2.45, 2.75) is 6.92 Å². The number of nitrogens with one attached hydrogen (secondary N) is 1. The molecule has 3 N–H and O–H groups in total. The van der Waals surface area contributed by atoms with E-state index in [1.165, 1.54) is 36.4 Å². The molecule has 1 aromatic heterocycles. The molecule has 0 spiro atoms. The molecule has 0 saturated heterocycles. The zero-order valence-electron chi connectivity index (χ0n) is 16.2. The van der Waals surface area contributed by atoms with Crippen molar-refractivity contribution >= 4 is 29.6 Å². The zero-order valence-corrected chi connectivity index (χ0v) is 16.2. The lowest BCUT2D eigenvalue weighted by atomic mass is 10.0. The second-order valence-corrected chi connectivity index (χ2v) is 6.50. The normalized spacial score (nSPS) is 10.9. The highest BCUT2D eigenvalue weighted by Gasteiger charge is 2.15. The van der Waals surface area contributed by atoms with Gasteiger partial charge in [0.2, 0.25) is 0 Å². The molecule has 0 aliphatic heterocycles. The first kappa shape index (κ1) is 21.1. The smallest absolute Gasteiger partial charge is 0.335 e. The van der Waals surface area contributed by atoms with E-state index in [4.69, 9.17) is 9.52 Å². The van der Waals surface area contributed by atoms with Crippen LogP contribution in [-0.2, 0) is 4.79 Å². The number of aromatic carboxylic acids is 2. The van der Waals surface area contributed by atoms with Crippen molar-refractivity contribution in [1.29, 1.82) is 5.26 Å². The van der Waals surface area contributed by atoms with E-state index >= 15 is 0 Å². The Bertz CT molecular complexity index is 1260. The number of nitrogens with zero attached hydrogens (tertiary/aromatic N) is 1. The summed E-state index contributed by atoms with van der Waals surface area (Å²) < 4.78 is 5.69. The van der Waals surface area contributed by atoms with E-state index in [0.717, 1.165) is 0 Å². The van der Waals surface area contributed by atoms with Crippen LogP contribution in [0.5, 0.6) is 0 Å². The number of benzene rings is 2. The number of hydrogen-bond donors (Lipinski definition) is 3. The van der Waals surface area contributed by atoms with E-state index in [9.17, 15) is 24.8 Å². The van der Waals surface area contributed by atoms with Crippen LogP contribution in [0.2, 0.25) is 0 Å². The minimum Gasteiger partial charge on any atom is -0.478 e. The van der Waals surface area contributed by atoms with Gasteiger partial charge >= 0.3 is 11.9 Å². The Hall–Kier alpha value is -4.64. The van der Waals surface area contributed by atoms with E-state index in [1.54, 1.807) is 37.3 Å². The van der Waals surface area contributed by atoms with Crippen LogP contribution in [0.3, 0.4) is 0 Å². The van der Waals surface area contributed by atoms with Crippen molar-refractivity contribution < 1.29 is 29.0 Å². The van der Waals surface area contributed by atoms with Crippen molar-refractivity contribution in [2.75, 3.05) is 5.32 Å². The molecule has 0 unspecified atom stereocenters. The van der Waals surface area contributed by atoms with Crippen LogP contribution in [0.25, 0.3) is 17.4 Å². The molecule has 0 aliphatic carbocycles. The highest BCUT2D eigenvalue weighted by Crippen LogP contribution is 2.28. The standard InChI is InChI=1S/C23H16N2O6/c1-13-18(6-3-7-19(13)23(29)30)20-9-8-17(31-20)11-15(12-24)21(26)25-16-5-2-4-14(10-16)22(27)28/h2-11H,1H3,(H,25,26)(H,27,28)(H,29,30)/b15-11-. The van der Waals surface area contributed by atoms with Crippen LogP contribution in [0, 0.1) is 18.3 Å². The van der Waals surface area contributed by atoms with Crippen LogP contribution in [0.15, 0.2) is 64.6 Å². The second kappa shape index (κ2) is 8.80. The molecule has 0 aliphatic rings. The number of amides is 1. The SMILES string of the molecule is Cc1c(C(=O)O)cccc1-c1ccc(/C=C(/C#N)C(=O)Nc2cccc(C(=O)O)c2)o1. The highest BCUT2D eigenvalue weighted by atomic mass is 16.4. The van der Waals surface area contributed by atoms with Gasteiger partial charge in [0, 0.05) is 17.3 Å². The van der Waals surface area contributed by atoms with Crippen molar-refractivity contribution in [3.8, 4) is 17.4 Å². The van der Waals surface area contributed by atoms with Crippen molar-refractivity contribution in [3.63, 3.8) is 0 Å². The van der Waals surface area contributed by atoms with Gasteiger partial charge in [0.1, 0.15) is 23.2 Å². The Balaban J connectivity index is 1.85. The third-order valence-electron chi connectivity index (χ3n) is 4.48. The number of hydrogen-bond acceptors (Lipinski definition) is 5. The molecule has 0 atom stereocenters. The van der Waals surface area contributed by atoms with E-state index in [1.807, 2.05) is 0 Å². The number of rotatable bonds is 6. The monoisotopic (exact) mass is 416 g/mol. The summed E-state index contributed by atoms with van der Waals surface area (Å²) in [5.41, 5.74) is 1.22. The molecule has 8 heteroatoms. The highest BCUT2D eigenvalue weighted by molar-refractivity contribution is 6.09. The van der Waals surface area contributed by atoms with Gasteiger partial charge in [-0.2, -0.15) is 5.26 Å². The quantitative estimate of drug-likeness (QED) is 0.404. The largest absolute Gasteiger partial charge is 0.478 e. The van der Waals surface area contributed by atoms with Crippen molar-refractivity contribution in [1.82, 2.24) is 0 Å². The van der Waals surface area contributed by atoms with E-state index in [-0.39, 0.29) is 28.1 Å². The Morgan fingerprint density at radius 1 is 1.03 bits per heavy atom. The number of anilines is 1. The maximum Gasteiger partial charge on any atom is 0.335 e. The Morgan fingerprint density at radius 3 is 2.45 bits per heavy atom. The fraction of sp³-hybridized carbons (Fsp3) is 0.0435. The first-order valence-corrected chi connectivity index (χ1v) is 8.99.